The van der Waals surface area contributed by atoms with Crippen LogP contribution in [-0.2, 0) is 0 Å². The van der Waals surface area contributed by atoms with E-state index >= 15 is 0 Å². The largest absolute Gasteiger partial charge is 0.467 e. The summed E-state index contributed by atoms with van der Waals surface area (Å²) >= 11 is 0. The molecule has 0 unspecified atom stereocenters. The van der Waals surface area contributed by atoms with Crippen molar-refractivity contribution in [2.24, 2.45) is 0 Å². The molecule has 2 rings (SSSR count). The van der Waals surface area contributed by atoms with Crippen LogP contribution in [0.4, 0.5) is 0 Å². The van der Waals surface area contributed by atoms with E-state index in [1.54, 1.807) is 6.20 Å². The van der Waals surface area contributed by atoms with E-state index < -0.39 is 5.76 Å². The third-order valence-electron chi connectivity index (χ3n) is 2.54. The summed E-state index contributed by atoms with van der Waals surface area (Å²) in [5.41, 5.74) is 1.05. The Kier molecular flexibility index (Phi) is 2.81. The summed E-state index contributed by atoms with van der Waals surface area (Å²) in [6.45, 7) is 1.94. The monoisotopic (exact) mass is 219 g/mol. The van der Waals surface area contributed by atoms with Gasteiger partial charge >= 0.3 is 11.7 Å². The summed E-state index contributed by atoms with van der Waals surface area (Å²) in [4.78, 5) is 11.5. The van der Waals surface area contributed by atoms with Crippen molar-refractivity contribution in [3.05, 3.63) is 52.6 Å². The van der Waals surface area contributed by atoms with Gasteiger partial charge in [-0.25, -0.2) is 4.79 Å². The van der Waals surface area contributed by atoms with Gasteiger partial charge in [0.2, 0.25) is 0 Å². The highest BCUT2D eigenvalue weighted by Gasteiger charge is 2.13. The first-order valence-corrected chi connectivity index (χ1v) is 5.03. The Morgan fingerprint density at radius 2 is 2.00 bits per heavy atom. The molecule has 16 heavy (non-hydrogen) atoms. The smallest absolute Gasteiger partial charge is 0.422 e. The zero-order valence-electron chi connectivity index (χ0n) is 9.21. The van der Waals surface area contributed by atoms with Gasteiger partial charge in [-0.1, -0.05) is 30.3 Å². The van der Waals surface area contributed by atoms with Crippen LogP contribution in [0.5, 0.6) is 5.95 Å². The predicted molar refractivity (Wildman–Crippen MR) is 59.8 cm³/mol. The normalized spacial score (nSPS) is 12.4. The number of ether oxygens (including phenoxy) is 1. The van der Waals surface area contributed by atoms with Crippen LogP contribution in [0.15, 0.2) is 45.7 Å². The second-order valence-electron chi connectivity index (χ2n) is 3.51. The summed E-state index contributed by atoms with van der Waals surface area (Å²) in [6.07, 6.45) is 1.57. The lowest BCUT2D eigenvalue weighted by Gasteiger charge is -2.10. The van der Waals surface area contributed by atoms with Gasteiger partial charge in [0.05, 0.1) is 19.3 Å². The van der Waals surface area contributed by atoms with Crippen LogP contribution in [0, 0.1) is 0 Å². The van der Waals surface area contributed by atoms with E-state index in [9.17, 15) is 4.79 Å². The number of oxazole rings is 1. The van der Waals surface area contributed by atoms with Gasteiger partial charge in [-0.15, -0.1) is 0 Å². The van der Waals surface area contributed by atoms with Crippen LogP contribution >= 0.6 is 0 Å². The SMILES string of the molecule is COc1cn([C@H](C)c2ccccc2)c(=O)o1. The average Bonchev–Trinajstić information content (AvgIpc) is 2.71. The zero-order valence-corrected chi connectivity index (χ0v) is 9.21. The van der Waals surface area contributed by atoms with E-state index in [0.717, 1.165) is 5.56 Å². The second-order valence-corrected chi connectivity index (χ2v) is 3.51. The highest BCUT2D eigenvalue weighted by Crippen LogP contribution is 2.18. The molecule has 0 spiro atoms. The Hall–Kier alpha value is -1.97. The van der Waals surface area contributed by atoms with Crippen molar-refractivity contribution < 1.29 is 9.15 Å². The molecule has 0 saturated carbocycles. The van der Waals surface area contributed by atoms with Crippen LogP contribution in [-0.4, -0.2) is 11.7 Å². The summed E-state index contributed by atoms with van der Waals surface area (Å²) in [5, 5.41) is 0. The molecule has 0 aliphatic heterocycles. The minimum Gasteiger partial charge on any atom is -0.467 e. The first kappa shape index (κ1) is 10.5. The van der Waals surface area contributed by atoms with Crippen LogP contribution < -0.4 is 10.5 Å². The number of nitrogens with zero attached hydrogens (tertiary/aromatic N) is 1. The highest BCUT2D eigenvalue weighted by atomic mass is 16.6. The molecule has 0 aliphatic carbocycles. The summed E-state index contributed by atoms with van der Waals surface area (Å²) in [6, 6.07) is 9.69. The van der Waals surface area contributed by atoms with Gasteiger partial charge in [-0.2, -0.15) is 0 Å². The molecule has 1 atom stereocenters. The molecule has 4 nitrogen and oxygen atoms in total. The maximum Gasteiger partial charge on any atom is 0.422 e. The number of methoxy groups -OCH3 is 1. The summed E-state index contributed by atoms with van der Waals surface area (Å²) in [5.74, 6) is -0.180. The van der Waals surface area contributed by atoms with Gasteiger partial charge in [-0.3, -0.25) is 4.57 Å². The highest BCUT2D eigenvalue weighted by molar-refractivity contribution is 5.19. The molecule has 0 fully saturated rings. The average molecular weight is 219 g/mol. The number of benzene rings is 1. The van der Waals surface area contributed by atoms with Crippen molar-refractivity contribution in [2.75, 3.05) is 7.11 Å². The molecule has 0 radical (unpaired) electrons. The quantitative estimate of drug-likeness (QED) is 0.793. The van der Waals surface area contributed by atoms with E-state index in [-0.39, 0.29) is 12.0 Å². The van der Waals surface area contributed by atoms with Crippen molar-refractivity contribution in [2.45, 2.75) is 13.0 Å². The second kappa shape index (κ2) is 4.26. The number of hydrogen-bond acceptors (Lipinski definition) is 3. The Morgan fingerprint density at radius 3 is 2.56 bits per heavy atom. The first-order valence-electron chi connectivity index (χ1n) is 5.03. The fourth-order valence-electron chi connectivity index (χ4n) is 1.59. The predicted octanol–water partition coefficient (Wildman–Crippen LogP) is 2.06. The maximum absolute atomic E-state index is 11.5. The number of rotatable bonds is 3. The Labute approximate surface area is 93.1 Å². The lowest BCUT2D eigenvalue weighted by atomic mass is 10.1. The van der Waals surface area contributed by atoms with Gasteiger partial charge < -0.3 is 9.15 Å². The summed E-state index contributed by atoms with van der Waals surface area (Å²) < 4.78 is 11.3. The van der Waals surface area contributed by atoms with Crippen molar-refractivity contribution in [3.8, 4) is 5.95 Å². The fourth-order valence-corrected chi connectivity index (χ4v) is 1.59. The van der Waals surface area contributed by atoms with E-state index in [2.05, 4.69) is 0 Å². The molecule has 0 N–H and O–H groups in total. The van der Waals surface area contributed by atoms with Crippen LogP contribution in [0.1, 0.15) is 18.5 Å². The number of hydrogen-bond donors (Lipinski definition) is 0. The lowest BCUT2D eigenvalue weighted by molar-refractivity contribution is 0.292. The van der Waals surface area contributed by atoms with Crippen LogP contribution in [0.25, 0.3) is 0 Å². The molecule has 84 valence electrons. The zero-order chi connectivity index (χ0) is 11.5. The standard InChI is InChI=1S/C12H13NO3/c1-9(10-6-4-3-5-7-10)13-8-11(15-2)16-12(13)14/h3-9H,1-2H3/t9-/m1/s1. The molecule has 0 amide bonds. The molecule has 0 bridgehead atoms. The van der Waals surface area contributed by atoms with Crippen LogP contribution in [0.2, 0.25) is 0 Å². The van der Waals surface area contributed by atoms with Crippen molar-refractivity contribution in [3.63, 3.8) is 0 Å². The van der Waals surface area contributed by atoms with Gasteiger partial charge in [-0.05, 0) is 12.5 Å². The Morgan fingerprint density at radius 1 is 1.31 bits per heavy atom. The van der Waals surface area contributed by atoms with E-state index in [1.807, 2.05) is 37.3 Å². The van der Waals surface area contributed by atoms with Crippen molar-refractivity contribution >= 4 is 0 Å². The first-order chi connectivity index (χ1) is 7.72. The molecule has 1 aromatic carbocycles. The maximum atomic E-state index is 11.5. The molecule has 1 heterocycles. The third-order valence-corrected chi connectivity index (χ3v) is 2.54. The molecule has 1 aromatic heterocycles. The molecular formula is C12H13NO3. The van der Waals surface area contributed by atoms with Crippen molar-refractivity contribution in [1.82, 2.24) is 4.57 Å². The fraction of sp³-hybridized carbons (Fsp3) is 0.250. The molecule has 2 aromatic rings. The van der Waals surface area contributed by atoms with E-state index in [1.165, 1.54) is 11.7 Å². The van der Waals surface area contributed by atoms with Gasteiger partial charge in [0.15, 0.2) is 0 Å². The van der Waals surface area contributed by atoms with Gasteiger partial charge in [0.1, 0.15) is 0 Å². The molecule has 0 aliphatic rings. The van der Waals surface area contributed by atoms with E-state index in [0.29, 0.717) is 0 Å². The van der Waals surface area contributed by atoms with Gasteiger partial charge in [0.25, 0.3) is 0 Å². The topological polar surface area (TPSA) is 44.4 Å². The number of aromatic nitrogens is 1. The van der Waals surface area contributed by atoms with Gasteiger partial charge in [0, 0.05) is 0 Å². The Balaban J connectivity index is 2.37. The summed E-state index contributed by atoms with van der Waals surface area (Å²) in [7, 11) is 1.47. The molecular weight excluding hydrogens is 206 g/mol. The van der Waals surface area contributed by atoms with Crippen LogP contribution in [0.3, 0.4) is 0 Å². The minimum absolute atomic E-state index is 0.0682. The molecule has 4 heteroatoms. The van der Waals surface area contributed by atoms with Crippen molar-refractivity contribution in [1.29, 1.82) is 0 Å². The minimum atomic E-state index is -0.409. The third kappa shape index (κ3) is 1.86. The molecule has 0 saturated heterocycles. The van der Waals surface area contributed by atoms with E-state index in [4.69, 9.17) is 9.15 Å². The Bertz CT molecular complexity index is 513. The lowest BCUT2D eigenvalue weighted by Crippen LogP contribution is -2.18.